The zero-order valence-corrected chi connectivity index (χ0v) is 12.9. The number of amides is 1. The molecule has 0 aromatic heterocycles. The Morgan fingerprint density at radius 2 is 2.05 bits per heavy atom. The first-order valence-electron chi connectivity index (χ1n) is 8.10. The van der Waals surface area contributed by atoms with Gasteiger partial charge in [-0.15, -0.1) is 0 Å². The molecule has 1 aliphatic heterocycles. The monoisotopic (exact) mass is 304 g/mol. The molecule has 2 aliphatic rings. The van der Waals surface area contributed by atoms with Crippen LogP contribution in [0, 0.1) is 0 Å². The van der Waals surface area contributed by atoms with Crippen LogP contribution in [-0.4, -0.2) is 61.4 Å². The van der Waals surface area contributed by atoms with Gasteiger partial charge in [-0.25, -0.2) is 0 Å². The van der Waals surface area contributed by atoms with Crippen LogP contribution in [0.3, 0.4) is 0 Å². The van der Waals surface area contributed by atoms with Gasteiger partial charge in [-0.2, -0.15) is 0 Å². The zero-order valence-electron chi connectivity index (χ0n) is 12.9. The van der Waals surface area contributed by atoms with Crippen LogP contribution in [0.15, 0.2) is 18.2 Å². The van der Waals surface area contributed by atoms with E-state index in [1.54, 1.807) is 0 Å². The Kier molecular flexibility index (Phi) is 5.08. The summed E-state index contributed by atoms with van der Waals surface area (Å²) in [6, 6.07) is 5.93. The van der Waals surface area contributed by atoms with Crippen molar-refractivity contribution < 1.29 is 14.6 Å². The van der Waals surface area contributed by atoms with E-state index in [2.05, 4.69) is 16.3 Å². The number of ether oxygens (including phenoxy) is 1. The highest BCUT2D eigenvalue weighted by Gasteiger charge is 2.17. The van der Waals surface area contributed by atoms with Crippen LogP contribution in [0.5, 0.6) is 0 Å². The molecule has 22 heavy (non-hydrogen) atoms. The summed E-state index contributed by atoms with van der Waals surface area (Å²) in [6.45, 7) is 3.98. The van der Waals surface area contributed by atoms with Crippen LogP contribution in [-0.2, 0) is 17.6 Å². The van der Waals surface area contributed by atoms with Crippen molar-refractivity contribution in [3.8, 4) is 0 Å². The van der Waals surface area contributed by atoms with Crippen LogP contribution in [0.25, 0.3) is 0 Å². The van der Waals surface area contributed by atoms with Crippen molar-refractivity contribution in [3.63, 3.8) is 0 Å². The number of β-amino-alcohol motifs (C(OH)–C–C–N with tert-alkyl or cyclic N) is 1. The van der Waals surface area contributed by atoms with Gasteiger partial charge in [-0.3, -0.25) is 9.69 Å². The highest BCUT2D eigenvalue weighted by molar-refractivity contribution is 5.94. The first kappa shape index (κ1) is 15.5. The first-order valence-corrected chi connectivity index (χ1v) is 8.10. The van der Waals surface area contributed by atoms with Crippen molar-refractivity contribution in [1.82, 2.24) is 10.2 Å². The van der Waals surface area contributed by atoms with Crippen LogP contribution < -0.4 is 5.32 Å². The van der Waals surface area contributed by atoms with Crippen molar-refractivity contribution >= 4 is 5.91 Å². The molecule has 1 aliphatic carbocycles. The minimum absolute atomic E-state index is 0.101. The molecule has 0 bridgehead atoms. The number of aliphatic hydroxyl groups is 1. The third kappa shape index (κ3) is 3.85. The number of fused-ring (bicyclic) bond motifs is 1. The lowest BCUT2D eigenvalue weighted by molar-refractivity contribution is 0.0149. The van der Waals surface area contributed by atoms with E-state index in [4.69, 9.17) is 4.74 Å². The van der Waals surface area contributed by atoms with Crippen LogP contribution in [0.4, 0.5) is 0 Å². The van der Waals surface area contributed by atoms with Gasteiger partial charge in [0.1, 0.15) is 0 Å². The molecule has 5 heteroatoms. The maximum Gasteiger partial charge on any atom is 0.251 e. The predicted octanol–water partition coefficient (Wildman–Crippen LogP) is 0.598. The molecule has 0 spiro atoms. The molecule has 1 saturated heterocycles. The summed E-state index contributed by atoms with van der Waals surface area (Å²) in [5.74, 6) is -0.101. The highest BCUT2D eigenvalue weighted by atomic mass is 16.5. The summed E-state index contributed by atoms with van der Waals surface area (Å²) >= 11 is 0. The van der Waals surface area contributed by atoms with Crippen LogP contribution >= 0.6 is 0 Å². The number of rotatable bonds is 5. The lowest BCUT2D eigenvalue weighted by Gasteiger charge is -2.28. The van der Waals surface area contributed by atoms with Crippen molar-refractivity contribution in [2.45, 2.75) is 25.4 Å². The molecule has 1 amide bonds. The van der Waals surface area contributed by atoms with Crippen LogP contribution in [0.2, 0.25) is 0 Å². The molecule has 2 N–H and O–H groups in total. The van der Waals surface area contributed by atoms with Gasteiger partial charge in [0.25, 0.3) is 5.91 Å². The second-order valence-electron chi connectivity index (χ2n) is 6.11. The third-order valence-corrected chi connectivity index (χ3v) is 4.43. The standard InChI is InChI=1S/C17H24N2O3/c20-16(12-19-6-8-22-9-7-19)11-18-17(21)15-5-4-13-2-1-3-14(13)10-15/h4-5,10,16,20H,1-3,6-9,11-12H2,(H,18,21). The molecular weight excluding hydrogens is 280 g/mol. The number of nitrogens with one attached hydrogen (secondary N) is 1. The fraction of sp³-hybridized carbons (Fsp3) is 0.588. The van der Waals surface area contributed by atoms with Gasteiger partial charge in [0.2, 0.25) is 0 Å². The van der Waals surface area contributed by atoms with Crippen molar-refractivity contribution in [2.24, 2.45) is 0 Å². The maximum atomic E-state index is 12.2. The minimum Gasteiger partial charge on any atom is -0.390 e. The lowest BCUT2D eigenvalue weighted by Crippen LogP contribution is -2.44. The molecule has 1 unspecified atom stereocenters. The number of hydrogen-bond acceptors (Lipinski definition) is 4. The summed E-state index contributed by atoms with van der Waals surface area (Å²) in [6.07, 6.45) is 2.82. The summed E-state index contributed by atoms with van der Waals surface area (Å²) in [4.78, 5) is 14.3. The van der Waals surface area contributed by atoms with E-state index >= 15 is 0 Å². The normalized spacial score (nSPS) is 19.7. The Morgan fingerprint density at radius 3 is 2.86 bits per heavy atom. The number of aryl methyl sites for hydroxylation is 2. The van der Waals surface area contributed by atoms with E-state index in [1.807, 2.05) is 12.1 Å². The maximum absolute atomic E-state index is 12.2. The molecule has 0 saturated carbocycles. The second kappa shape index (κ2) is 7.22. The number of benzene rings is 1. The Balaban J connectivity index is 1.47. The minimum atomic E-state index is -0.545. The van der Waals surface area contributed by atoms with E-state index in [1.165, 1.54) is 17.5 Å². The Labute approximate surface area is 131 Å². The fourth-order valence-corrected chi connectivity index (χ4v) is 3.17. The smallest absolute Gasteiger partial charge is 0.251 e. The molecule has 0 radical (unpaired) electrons. The summed E-state index contributed by atoms with van der Waals surface area (Å²) in [5.41, 5.74) is 3.35. The third-order valence-electron chi connectivity index (χ3n) is 4.43. The largest absolute Gasteiger partial charge is 0.390 e. The Bertz CT molecular complexity index is 527. The number of carbonyl (C=O) groups excluding carboxylic acids is 1. The highest BCUT2D eigenvalue weighted by Crippen LogP contribution is 2.22. The Hall–Kier alpha value is -1.43. The summed E-state index contributed by atoms with van der Waals surface area (Å²) in [7, 11) is 0. The number of hydrogen-bond donors (Lipinski definition) is 2. The van der Waals surface area contributed by atoms with Gasteiger partial charge >= 0.3 is 0 Å². The van der Waals surface area contributed by atoms with E-state index < -0.39 is 6.10 Å². The molecule has 120 valence electrons. The van der Waals surface area contributed by atoms with Crippen molar-refractivity contribution in [1.29, 1.82) is 0 Å². The van der Waals surface area contributed by atoms with Gasteiger partial charge < -0.3 is 15.2 Å². The van der Waals surface area contributed by atoms with Gasteiger partial charge in [-0.1, -0.05) is 6.07 Å². The number of nitrogens with zero attached hydrogens (tertiary/aromatic N) is 1. The molecule has 3 rings (SSSR count). The van der Waals surface area contributed by atoms with Crippen molar-refractivity contribution in [3.05, 3.63) is 34.9 Å². The Morgan fingerprint density at radius 1 is 1.27 bits per heavy atom. The molecule has 1 heterocycles. The van der Waals surface area contributed by atoms with Crippen molar-refractivity contribution in [2.75, 3.05) is 39.4 Å². The summed E-state index contributed by atoms with van der Waals surface area (Å²) in [5, 5.41) is 12.9. The van der Waals surface area contributed by atoms with E-state index in [0.717, 1.165) is 25.9 Å². The predicted molar refractivity (Wildman–Crippen MR) is 84.1 cm³/mol. The second-order valence-corrected chi connectivity index (χ2v) is 6.11. The SMILES string of the molecule is O=C(NCC(O)CN1CCOCC1)c1ccc2c(c1)CCC2. The number of aliphatic hydroxyl groups excluding tert-OH is 1. The molecule has 1 aromatic carbocycles. The topological polar surface area (TPSA) is 61.8 Å². The van der Waals surface area contributed by atoms with Gasteiger partial charge in [0.05, 0.1) is 19.3 Å². The lowest BCUT2D eigenvalue weighted by atomic mass is 10.1. The average Bonchev–Trinajstić information content (AvgIpc) is 3.01. The number of carbonyl (C=O) groups is 1. The molecule has 1 atom stereocenters. The van der Waals surface area contributed by atoms with E-state index in [9.17, 15) is 9.90 Å². The van der Waals surface area contributed by atoms with Crippen LogP contribution in [0.1, 0.15) is 27.9 Å². The first-order chi connectivity index (χ1) is 10.7. The molecular formula is C17H24N2O3. The quantitative estimate of drug-likeness (QED) is 0.836. The number of morpholine rings is 1. The molecule has 1 fully saturated rings. The van der Waals surface area contributed by atoms with Gasteiger partial charge in [-0.05, 0) is 42.5 Å². The molecule has 1 aromatic rings. The molecule has 5 nitrogen and oxygen atoms in total. The summed E-state index contributed by atoms with van der Waals surface area (Å²) < 4.78 is 5.28. The van der Waals surface area contributed by atoms with E-state index in [0.29, 0.717) is 25.3 Å². The van der Waals surface area contributed by atoms with Gasteiger partial charge in [0, 0.05) is 31.7 Å². The zero-order chi connectivity index (χ0) is 15.4. The fourth-order valence-electron chi connectivity index (χ4n) is 3.17. The van der Waals surface area contributed by atoms with E-state index in [-0.39, 0.29) is 12.5 Å². The van der Waals surface area contributed by atoms with Gasteiger partial charge in [0.15, 0.2) is 0 Å². The average molecular weight is 304 g/mol.